The summed E-state index contributed by atoms with van der Waals surface area (Å²) >= 11 is 0. The molecule has 1 saturated heterocycles. The first-order valence-electron chi connectivity index (χ1n) is 10.2. The second-order valence-corrected chi connectivity index (χ2v) is 7.95. The molecule has 1 aliphatic heterocycles. The van der Waals surface area contributed by atoms with Crippen molar-refractivity contribution in [1.29, 1.82) is 0 Å². The number of benzene rings is 1. The van der Waals surface area contributed by atoms with Crippen LogP contribution in [0.2, 0.25) is 0 Å². The summed E-state index contributed by atoms with van der Waals surface area (Å²) in [5.41, 5.74) is 2.38. The maximum absolute atomic E-state index is 12.7. The summed E-state index contributed by atoms with van der Waals surface area (Å²) in [5, 5.41) is 5.81. The van der Waals surface area contributed by atoms with Gasteiger partial charge < -0.3 is 9.73 Å². The van der Waals surface area contributed by atoms with Crippen molar-refractivity contribution >= 4 is 10.8 Å². The molecule has 0 spiro atoms. The van der Waals surface area contributed by atoms with Crippen LogP contribution in [0.1, 0.15) is 28.4 Å². The Morgan fingerprint density at radius 1 is 1.16 bits per heavy atom. The number of imidazole rings is 1. The highest BCUT2D eigenvalue weighted by Gasteiger charge is 2.33. The Balaban J connectivity index is 1.28. The SMILES string of the molecule is Cc1c([C@@H]2CN(Cc3cnc(-n4cnc(C(F)(F)F)c4)nc3)CCN2)ccc2cocc12. The molecule has 0 amide bonds. The Morgan fingerprint density at radius 2 is 1.97 bits per heavy atom. The number of nitrogens with zero attached hydrogens (tertiary/aromatic N) is 5. The minimum absolute atomic E-state index is 0.152. The van der Waals surface area contributed by atoms with Crippen LogP contribution in [-0.2, 0) is 12.7 Å². The number of hydrogen-bond acceptors (Lipinski definition) is 6. The topological polar surface area (TPSA) is 72.0 Å². The van der Waals surface area contributed by atoms with Crippen LogP contribution in [0.3, 0.4) is 0 Å². The third-order valence-electron chi connectivity index (χ3n) is 5.81. The van der Waals surface area contributed by atoms with Gasteiger partial charge in [-0.05, 0) is 18.1 Å². The van der Waals surface area contributed by atoms with Gasteiger partial charge in [-0.15, -0.1) is 0 Å². The number of fused-ring (bicyclic) bond motifs is 1. The predicted octanol–water partition coefficient (Wildman–Crippen LogP) is 3.88. The minimum atomic E-state index is -4.50. The van der Waals surface area contributed by atoms with E-state index in [0.29, 0.717) is 6.54 Å². The standard InChI is InChI=1S/C22H21F3N6O/c1-14-17(3-2-16-11-32-12-18(14)16)19-9-30(5-4-26-19)8-15-6-27-21(28-7-15)31-10-20(29-13-31)22(23,24)25/h2-3,6-7,10-13,19,26H,4-5,8-9H2,1H3/t19-/m0/s1. The maximum Gasteiger partial charge on any atom is 0.434 e. The summed E-state index contributed by atoms with van der Waals surface area (Å²) in [6, 6.07) is 4.41. The van der Waals surface area contributed by atoms with Crippen molar-refractivity contribution in [2.45, 2.75) is 25.7 Å². The molecule has 4 heterocycles. The summed E-state index contributed by atoms with van der Waals surface area (Å²) < 4.78 is 44.8. The third kappa shape index (κ3) is 3.98. The number of piperazine rings is 1. The summed E-state index contributed by atoms with van der Waals surface area (Å²) in [5.74, 6) is 0.152. The zero-order valence-electron chi connectivity index (χ0n) is 17.3. The van der Waals surface area contributed by atoms with Gasteiger partial charge >= 0.3 is 6.18 Å². The average molecular weight is 442 g/mol. The molecule has 7 nitrogen and oxygen atoms in total. The van der Waals surface area contributed by atoms with Crippen LogP contribution in [0.5, 0.6) is 0 Å². The molecule has 0 unspecified atom stereocenters. The summed E-state index contributed by atoms with van der Waals surface area (Å²) in [6.07, 6.45) is 4.29. The van der Waals surface area contributed by atoms with Crippen molar-refractivity contribution in [2.75, 3.05) is 19.6 Å². The second kappa shape index (κ2) is 8.03. The van der Waals surface area contributed by atoms with E-state index in [0.717, 1.165) is 48.5 Å². The third-order valence-corrected chi connectivity index (χ3v) is 5.81. The van der Waals surface area contributed by atoms with Gasteiger partial charge in [0.15, 0.2) is 5.69 Å². The van der Waals surface area contributed by atoms with Gasteiger partial charge in [0.2, 0.25) is 5.95 Å². The number of hydrogen-bond donors (Lipinski definition) is 1. The van der Waals surface area contributed by atoms with Gasteiger partial charge in [0.1, 0.15) is 6.33 Å². The molecule has 0 bridgehead atoms. The molecule has 1 aliphatic rings. The van der Waals surface area contributed by atoms with Crippen molar-refractivity contribution in [3.63, 3.8) is 0 Å². The molecular formula is C22H21F3N6O. The fraction of sp³-hybridized carbons (Fsp3) is 0.318. The van der Waals surface area contributed by atoms with E-state index >= 15 is 0 Å². The van der Waals surface area contributed by atoms with E-state index in [4.69, 9.17) is 4.42 Å². The highest BCUT2D eigenvalue weighted by atomic mass is 19.4. The number of halogens is 3. The van der Waals surface area contributed by atoms with Crippen molar-refractivity contribution in [2.24, 2.45) is 0 Å². The Labute approximate surface area is 181 Å². The molecule has 4 aromatic rings. The molecular weight excluding hydrogens is 421 g/mol. The first-order valence-corrected chi connectivity index (χ1v) is 10.2. The van der Waals surface area contributed by atoms with E-state index in [1.165, 1.54) is 15.7 Å². The van der Waals surface area contributed by atoms with Gasteiger partial charge in [0, 0.05) is 67.1 Å². The zero-order chi connectivity index (χ0) is 22.3. The molecule has 5 rings (SSSR count). The molecule has 1 N–H and O–H groups in total. The van der Waals surface area contributed by atoms with E-state index < -0.39 is 11.9 Å². The Hall–Kier alpha value is -3.24. The molecule has 32 heavy (non-hydrogen) atoms. The van der Waals surface area contributed by atoms with E-state index in [2.05, 4.69) is 44.2 Å². The van der Waals surface area contributed by atoms with Crippen LogP contribution in [0, 0.1) is 6.92 Å². The monoisotopic (exact) mass is 442 g/mol. The van der Waals surface area contributed by atoms with Gasteiger partial charge in [0.25, 0.3) is 0 Å². The predicted molar refractivity (Wildman–Crippen MR) is 111 cm³/mol. The summed E-state index contributed by atoms with van der Waals surface area (Å²) in [4.78, 5) is 14.1. The van der Waals surface area contributed by atoms with Crippen LogP contribution < -0.4 is 5.32 Å². The van der Waals surface area contributed by atoms with Crippen molar-refractivity contribution < 1.29 is 17.6 Å². The molecule has 166 valence electrons. The molecule has 0 radical (unpaired) electrons. The molecule has 1 atom stereocenters. The van der Waals surface area contributed by atoms with Gasteiger partial charge in [-0.1, -0.05) is 12.1 Å². The van der Waals surface area contributed by atoms with Crippen LogP contribution in [-0.4, -0.2) is 44.1 Å². The number of nitrogens with one attached hydrogen (secondary N) is 1. The Kier molecular flexibility index (Phi) is 5.18. The van der Waals surface area contributed by atoms with Gasteiger partial charge in [-0.2, -0.15) is 13.2 Å². The largest absolute Gasteiger partial charge is 0.471 e. The normalized spacial score (nSPS) is 17.8. The number of aromatic nitrogens is 4. The molecule has 0 saturated carbocycles. The van der Waals surface area contributed by atoms with E-state index in [1.807, 2.05) is 0 Å². The van der Waals surface area contributed by atoms with E-state index in [9.17, 15) is 13.2 Å². The minimum Gasteiger partial charge on any atom is -0.471 e. The first-order chi connectivity index (χ1) is 15.4. The smallest absolute Gasteiger partial charge is 0.434 e. The fourth-order valence-corrected chi connectivity index (χ4v) is 4.14. The summed E-state index contributed by atoms with van der Waals surface area (Å²) in [6.45, 7) is 5.32. The highest BCUT2D eigenvalue weighted by Crippen LogP contribution is 2.29. The van der Waals surface area contributed by atoms with Crippen molar-refractivity contribution in [1.82, 2.24) is 29.7 Å². The quantitative estimate of drug-likeness (QED) is 0.517. The molecule has 1 aromatic carbocycles. The van der Waals surface area contributed by atoms with Crippen molar-refractivity contribution in [3.05, 3.63) is 72.0 Å². The number of aryl methyl sites for hydroxylation is 1. The zero-order valence-corrected chi connectivity index (χ0v) is 17.3. The fourth-order valence-electron chi connectivity index (χ4n) is 4.14. The van der Waals surface area contributed by atoms with Crippen molar-refractivity contribution in [3.8, 4) is 5.95 Å². The lowest BCUT2D eigenvalue weighted by Gasteiger charge is -2.34. The lowest BCUT2D eigenvalue weighted by molar-refractivity contribution is -0.140. The van der Waals surface area contributed by atoms with E-state index in [-0.39, 0.29) is 12.0 Å². The Bertz CT molecular complexity index is 1230. The first kappa shape index (κ1) is 20.7. The average Bonchev–Trinajstić information content (AvgIpc) is 3.45. The molecule has 1 fully saturated rings. The van der Waals surface area contributed by atoms with Crippen LogP contribution in [0.4, 0.5) is 13.2 Å². The molecule has 10 heteroatoms. The number of rotatable bonds is 4. The Morgan fingerprint density at radius 3 is 2.72 bits per heavy atom. The summed E-state index contributed by atoms with van der Waals surface area (Å²) in [7, 11) is 0. The lowest BCUT2D eigenvalue weighted by atomic mass is 9.96. The maximum atomic E-state index is 12.7. The second-order valence-electron chi connectivity index (χ2n) is 7.95. The molecule has 0 aliphatic carbocycles. The van der Waals surface area contributed by atoms with Gasteiger partial charge in [-0.3, -0.25) is 9.47 Å². The van der Waals surface area contributed by atoms with Crippen LogP contribution in [0.15, 0.2) is 54.0 Å². The highest BCUT2D eigenvalue weighted by molar-refractivity contribution is 5.85. The number of alkyl halides is 3. The molecule has 3 aromatic heterocycles. The van der Waals surface area contributed by atoms with Crippen LogP contribution in [0.25, 0.3) is 16.7 Å². The van der Waals surface area contributed by atoms with Gasteiger partial charge in [-0.25, -0.2) is 15.0 Å². The lowest BCUT2D eigenvalue weighted by Crippen LogP contribution is -2.45. The van der Waals surface area contributed by atoms with E-state index in [1.54, 1.807) is 24.9 Å². The van der Waals surface area contributed by atoms with Gasteiger partial charge in [0.05, 0.1) is 12.5 Å². The number of furan rings is 1. The van der Waals surface area contributed by atoms with Crippen LogP contribution >= 0.6 is 0 Å².